The first-order valence-corrected chi connectivity index (χ1v) is 10.8. The Morgan fingerprint density at radius 2 is 1.93 bits per heavy atom. The predicted molar refractivity (Wildman–Crippen MR) is 119 cm³/mol. The SMILES string of the molecule is CCOc1ccc(C2CC(c3ccccc3)=NN2C(=O)CN2CCNCC2C)cc1. The third-order valence-electron chi connectivity index (χ3n) is 5.83. The normalized spacial score (nSPS) is 22.1. The van der Waals surface area contributed by atoms with Crippen LogP contribution >= 0.6 is 0 Å². The fraction of sp³-hybridized carbons (Fsp3) is 0.417. The molecule has 2 heterocycles. The van der Waals surface area contributed by atoms with Crippen LogP contribution in [0.4, 0.5) is 0 Å². The van der Waals surface area contributed by atoms with E-state index in [1.807, 2.05) is 49.4 Å². The highest BCUT2D eigenvalue weighted by Gasteiger charge is 2.34. The van der Waals surface area contributed by atoms with Crippen molar-refractivity contribution in [2.24, 2.45) is 5.10 Å². The zero-order chi connectivity index (χ0) is 20.9. The maximum absolute atomic E-state index is 13.3. The molecule has 1 saturated heterocycles. The van der Waals surface area contributed by atoms with Crippen LogP contribution in [0.15, 0.2) is 59.7 Å². The summed E-state index contributed by atoms with van der Waals surface area (Å²) in [6, 6.07) is 18.4. The molecule has 1 amide bonds. The molecule has 6 nitrogen and oxygen atoms in total. The van der Waals surface area contributed by atoms with Crippen molar-refractivity contribution in [3.8, 4) is 5.75 Å². The van der Waals surface area contributed by atoms with E-state index in [1.165, 1.54) is 0 Å². The molecule has 2 aromatic rings. The van der Waals surface area contributed by atoms with Crippen LogP contribution in [-0.2, 0) is 4.79 Å². The number of carbonyl (C=O) groups is 1. The number of amides is 1. The number of hydrogen-bond donors (Lipinski definition) is 1. The third-order valence-corrected chi connectivity index (χ3v) is 5.83. The summed E-state index contributed by atoms with van der Waals surface area (Å²) in [6.45, 7) is 7.87. The Balaban J connectivity index is 1.58. The molecule has 2 aliphatic rings. The molecule has 0 aromatic heterocycles. The fourth-order valence-corrected chi connectivity index (χ4v) is 4.12. The average molecular weight is 407 g/mol. The van der Waals surface area contributed by atoms with E-state index in [-0.39, 0.29) is 11.9 Å². The van der Waals surface area contributed by atoms with Gasteiger partial charge in [0.15, 0.2) is 0 Å². The van der Waals surface area contributed by atoms with Crippen LogP contribution in [0.5, 0.6) is 5.75 Å². The highest BCUT2D eigenvalue weighted by Crippen LogP contribution is 2.33. The Morgan fingerprint density at radius 3 is 2.63 bits per heavy atom. The second-order valence-electron chi connectivity index (χ2n) is 7.90. The first-order chi connectivity index (χ1) is 14.7. The van der Waals surface area contributed by atoms with Gasteiger partial charge in [0, 0.05) is 32.1 Å². The summed E-state index contributed by atoms with van der Waals surface area (Å²) in [5.74, 6) is 0.893. The summed E-state index contributed by atoms with van der Waals surface area (Å²) < 4.78 is 5.58. The van der Waals surface area contributed by atoms with Gasteiger partial charge in [0.25, 0.3) is 5.91 Å². The molecule has 6 heteroatoms. The minimum absolute atomic E-state index is 0.0496. The van der Waals surface area contributed by atoms with Crippen molar-refractivity contribution >= 4 is 11.6 Å². The van der Waals surface area contributed by atoms with Gasteiger partial charge < -0.3 is 10.1 Å². The van der Waals surface area contributed by atoms with E-state index in [2.05, 4.69) is 29.3 Å². The van der Waals surface area contributed by atoms with Crippen LogP contribution < -0.4 is 10.1 Å². The van der Waals surface area contributed by atoms with Crippen molar-refractivity contribution < 1.29 is 9.53 Å². The Morgan fingerprint density at radius 1 is 1.17 bits per heavy atom. The van der Waals surface area contributed by atoms with E-state index in [4.69, 9.17) is 9.84 Å². The van der Waals surface area contributed by atoms with Gasteiger partial charge in [-0.15, -0.1) is 0 Å². The molecule has 1 fully saturated rings. The Hall–Kier alpha value is -2.70. The third kappa shape index (κ3) is 4.55. The Kier molecular flexibility index (Phi) is 6.45. The van der Waals surface area contributed by atoms with E-state index in [1.54, 1.807) is 5.01 Å². The Labute approximate surface area is 178 Å². The van der Waals surface area contributed by atoms with Gasteiger partial charge in [0.1, 0.15) is 5.75 Å². The van der Waals surface area contributed by atoms with Crippen molar-refractivity contribution in [2.45, 2.75) is 32.4 Å². The lowest BCUT2D eigenvalue weighted by atomic mass is 9.98. The minimum Gasteiger partial charge on any atom is -0.494 e. The fourth-order valence-electron chi connectivity index (χ4n) is 4.12. The van der Waals surface area contributed by atoms with E-state index in [0.717, 1.165) is 42.2 Å². The lowest BCUT2D eigenvalue weighted by Gasteiger charge is -2.34. The zero-order valence-corrected chi connectivity index (χ0v) is 17.8. The monoisotopic (exact) mass is 406 g/mol. The van der Waals surface area contributed by atoms with Gasteiger partial charge in [-0.25, -0.2) is 5.01 Å². The average Bonchev–Trinajstić information content (AvgIpc) is 3.22. The summed E-state index contributed by atoms with van der Waals surface area (Å²) in [4.78, 5) is 15.6. The number of nitrogens with zero attached hydrogens (tertiary/aromatic N) is 3. The zero-order valence-electron chi connectivity index (χ0n) is 17.8. The summed E-state index contributed by atoms with van der Waals surface area (Å²) >= 11 is 0. The number of benzene rings is 2. The summed E-state index contributed by atoms with van der Waals surface area (Å²) in [5.41, 5.74) is 3.10. The van der Waals surface area contributed by atoms with Gasteiger partial charge in [-0.05, 0) is 37.1 Å². The highest BCUT2D eigenvalue weighted by atomic mass is 16.5. The van der Waals surface area contributed by atoms with Crippen LogP contribution in [-0.4, -0.2) is 60.4 Å². The number of hydrogen-bond acceptors (Lipinski definition) is 5. The van der Waals surface area contributed by atoms with Gasteiger partial charge in [0.2, 0.25) is 0 Å². The largest absolute Gasteiger partial charge is 0.494 e. The standard InChI is InChI=1S/C24H30N4O2/c1-3-30-21-11-9-20(10-12-21)23-15-22(19-7-5-4-6-8-19)26-28(23)24(29)17-27-14-13-25-16-18(27)2/h4-12,18,23,25H,3,13-17H2,1-2H3. The molecule has 0 radical (unpaired) electrons. The first kappa shape index (κ1) is 20.6. The number of nitrogens with one attached hydrogen (secondary N) is 1. The molecule has 2 unspecified atom stereocenters. The summed E-state index contributed by atoms with van der Waals surface area (Å²) in [6.07, 6.45) is 0.709. The lowest BCUT2D eigenvalue weighted by Crippen LogP contribution is -2.52. The van der Waals surface area contributed by atoms with Crippen molar-refractivity contribution in [1.82, 2.24) is 15.2 Å². The second kappa shape index (κ2) is 9.41. The molecular formula is C24H30N4O2. The quantitative estimate of drug-likeness (QED) is 0.801. The topological polar surface area (TPSA) is 57.2 Å². The Bertz CT molecular complexity index is 882. The van der Waals surface area contributed by atoms with E-state index < -0.39 is 0 Å². The number of ether oxygens (including phenoxy) is 1. The number of hydrazone groups is 1. The number of piperazine rings is 1. The molecule has 2 aromatic carbocycles. The maximum Gasteiger partial charge on any atom is 0.257 e. The maximum atomic E-state index is 13.3. The molecular weight excluding hydrogens is 376 g/mol. The smallest absolute Gasteiger partial charge is 0.257 e. The first-order valence-electron chi connectivity index (χ1n) is 10.8. The van der Waals surface area contributed by atoms with Crippen LogP contribution in [0.3, 0.4) is 0 Å². The number of carbonyl (C=O) groups excluding carboxylic acids is 1. The van der Waals surface area contributed by atoms with Gasteiger partial charge >= 0.3 is 0 Å². The van der Waals surface area contributed by atoms with Crippen LogP contribution in [0, 0.1) is 0 Å². The number of rotatable bonds is 6. The predicted octanol–water partition coefficient (Wildman–Crippen LogP) is 3.06. The highest BCUT2D eigenvalue weighted by molar-refractivity contribution is 6.03. The van der Waals surface area contributed by atoms with Crippen molar-refractivity contribution in [3.05, 3.63) is 65.7 Å². The van der Waals surface area contributed by atoms with Crippen molar-refractivity contribution in [3.63, 3.8) is 0 Å². The molecule has 2 atom stereocenters. The molecule has 1 N–H and O–H groups in total. The van der Waals surface area contributed by atoms with Gasteiger partial charge in [-0.1, -0.05) is 42.5 Å². The molecule has 2 aliphatic heterocycles. The van der Waals surface area contributed by atoms with E-state index in [0.29, 0.717) is 25.6 Å². The molecule has 30 heavy (non-hydrogen) atoms. The molecule has 0 spiro atoms. The summed E-state index contributed by atoms with van der Waals surface area (Å²) in [5, 5.41) is 9.87. The van der Waals surface area contributed by atoms with Crippen molar-refractivity contribution in [2.75, 3.05) is 32.8 Å². The van der Waals surface area contributed by atoms with E-state index >= 15 is 0 Å². The molecule has 4 rings (SSSR count). The molecule has 0 aliphatic carbocycles. The van der Waals surface area contributed by atoms with Gasteiger partial charge in [-0.2, -0.15) is 5.10 Å². The van der Waals surface area contributed by atoms with Crippen LogP contribution in [0.25, 0.3) is 0 Å². The van der Waals surface area contributed by atoms with E-state index in [9.17, 15) is 4.79 Å². The molecule has 158 valence electrons. The second-order valence-corrected chi connectivity index (χ2v) is 7.90. The van der Waals surface area contributed by atoms with Crippen LogP contribution in [0.2, 0.25) is 0 Å². The van der Waals surface area contributed by atoms with Gasteiger partial charge in [-0.3, -0.25) is 9.69 Å². The van der Waals surface area contributed by atoms with Crippen molar-refractivity contribution in [1.29, 1.82) is 0 Å². The van der Waals surface area contributed by atoms with Gasteiger partial charge in [0.05, 0.1) is 24.9 Å². The molecule has 0 saturated carbocycles. The lowest BCUT2D eigenvalue weighted by molar-refractivity contribution is -0.135. The molecule has 0 bridgehead atoms. The summed E-state index contributed by atoms with van der Waals surface area (Å²) in [7, 11) is 0. The minimum atomic E-state index is -0.0957. The van der Waals surface area contributed by atoms with Crippen LogP contribution in [0.1, 0.15) is 37.4 Å².